The first-order valence-electron chi connectivity index (χ1n) is 8.59. The second-order valence-electron chi connectivity index (χ2n) is 6.22. The monoisotopic (exact) mass is 330 g/mol. The fourth-order valence-electron chi connectivity index (χ4n) is 3.42. The number of benzene rings is 1. The van der Waals surface area contributed by atoms with Gasteiger partial charge in [-0.1, -0.05) is 18.2 Å². The van der Waals surface area contributed by atoms with Gasteiger partial charge in [0.05, 0.1) is 7.11 Å². The average Bonchev–Trinajstić information content (AvgIpc) is 2.62. The Morgan fingerprint density at radius 3 is 2.75 bits per heavy atom. The molecule has 0 aromatic heterocycles. The molecule has 0 amide bonds. The molecule has 1 heterocycles. The van der Waals surface area contributed by atoms with Crippen LogP contribution >= 0.6 is 0 Å². The highest BCUT2D eigenvalue weighted by Crippen LogP contribution is 2.35. The lowest BCUT2D eigenvalue weighted by Gasteiger charge is -2.40. The van der Waals surface area contributed by atoms with Gasteiger partial charge < -0.3 is 15.4 Å². The van der Waals surface area contributed by atoms with Crippen molar-refractivity contribution in [3.05, 3.63) is 42.5 Å². The van der Waals surface area contributed by atoms with E-state index in [1.54, 1.807) is 14.2 Å². The fourth-order valence-corrected chi connectivity index (χ4v) is 3.42. The standard InChI is InChI=1S/C19H30N4O/c1-5-12-21-19(20-2)22-14-16-7-6-13-23(3)18(16)15-8-10-17(24-4)11-9-15/h5,8-11,16,18H,1,6-7,12-14H2,2-4H3,(H2,20,21,22). The van der Waals surface area contributed by atoms with E-state index in [1.165, 1.54) is 18.4 Å². The third-order valence-corrected chi connectivity index (χ3v) is 4.63. The van der Waals surface area contributed by atoms with Crippen molar-refractivity contribution in [1.29, 1.82) is 0 Å². The first kappa shape index (κ1) is 18.3. The summed E-state index contributed by atoms with van der Waals surface area (Å²) >= 11 is 0. The van der Waals surface area contributed by atoms with Gasteiger partial charge in [0, 0.05) is 26.2 Å². The Kier molecular flexibility index (Phi) is 7.12. The minimum absolute atomic E-state index is 0.412. The summed E-state index contributed by atoms with van der Waals surface area (Å²) in [6.07, 6.45) is 4.28. The van der Waals surface area contributed by atoms with E-state index in [0.717, 1.165) is 24.8 Å². The van der Waals surface area contributed by atoms with Crippen molar-refractivity contribution in [2.24, 2.45) is 10.9 Å². The molecule has 0 radical (unpaired) electrons. The number of nitrogens with one attached hydrogen (secondary N) is 2. The molecule has 1 saturated heterocycles. The summed E-state index contributed by atoms with van der Waals surface area (Å²) in [5.41, 5.74) is 1.35. The third kappa shape index (κ3) is 4.74. The SMILES string of the molecule is C=CCNC(=NC)NCC1CCCN(C)C1c1ccc(OC)cc1. The molecular weight excluding hydrogens is 300 g/mol. The van der Waals surface area contributed by atoms with E-state index in [0.29, 0.717) is 18.5 Å². The van der Waals surface area contributed by atoms with E-state index in [-0.39, 0.29) is 0 Å². The quantitative estimate of drug-likeness (QED) is 0.478. The molecule has 1 aromatic rings. The van der Waals surface area contributed by atoms with Crippen molar-refractivity contribution < 1.29 is 4.74 Å². The lowest BCUT2D eigenvalue weighted by Crippen LogP contribution is -2.45. The Hall–Kier alpha value is -2.01. The van der Waals surface area contributed by atoms with Gasteiger partial charge >= 0.3 is 0 Å². The minimum atomic E-state index is 0.412. The predicted molar refractivity (Wildman–Crippen MR) is 101 cm³/mol. The van der Waals surface area contributed by atoms with Crippen LogP contribution in [0.15, 0.2) is 41.9 Å². The van der Waals surface area contributed by atoms with Gasteiger partial charge in [0.2, 0.25) is 0 Å². The lowest BCUT2D eigenvalue weighted by molar-refractivity contribution is 0.122. The van der Waals surface area contributed by atoms with Crippen LogP contribution in [0.4, 0.5) is 0 Å². The first-order chi connectivity index (χ1) is 11.7. The van der Waals surface area contributed by atoms with Crippen molar-refractivity contribution in [1.82, 2.24) is 15.5 Å². The van der Waals surface area contributed by atoms with Gasteiger partial charge in [0.15, 0.2) is 5.96 Å². The molecule has 0 spiro atoms. The first-order valence-corrected chi connectivity index (χ1v) is 8.59. The van der Waals surface area contributed by atoms with E-state index in [9.17, 15) is 0 Å². The molecule has 132 valence electrons. The zero-order valence-corrected chi connectivity index (χ0v) is 15.1. The Labute approximate surface area is 145 Å². The van der Waals surface area contributed by atoms with Crippen molar-refractivity contribution in [2.45, 2.75) is 18.9 Å². The number of aliphatic imine (C=N–C) groups is 1. The van der Waals surface area contributed by atoms with E-state index in [4.69, 9.17) is 4.74 Å². The van der Waals surface area contributed by atoms with E-state index in [1.807, 2.05) is 18.2 Å². The second-order valence-corrected chi connectivity index (χ2v) is 6.22. The van der Waals surface area contributed by atoms with Crippen LogP contribution in [0.2, 0.25) is 0 Å². The van der Waals surface area contributed by atoms with Crippen LogP contribution in [-0.4, -0.2) is 51.7 Å². The van der Waals surface area contributed by atoms with E-state index < -0.39 is 0 Å². The number of methoxy groups -OCH3 is 1. The maximum absolute atomic E-state index is 5.28. The molecule has 0 bridgehead atoms. The molecule has 5 nitrogen and oxygen atoms in total. The van der Waals surface area contributed by atoms with Gasteiger partial charge in [-0.25, -0.2) is 0 Å². The Bertz CT molecular complexity index is 541. The van der Waals surface area contributed by atoms with Crippen molar-refractivity contribution in [3.8, 4) is 5.75 Å². The molecule has 2 atom stereocenters. The number of rotatable bonds is 6. The largest absolute Gasteiger partial charge is 0.497 e. The van der Waals surface area contributed by atoms with Gasteiger partial charge in [-0.3, -0.25) is 9.89 Å². The molecule has 2 unspecified atom stereocenters. The summed E-state index contributed by atoms with van der Waals surface area (Å²) in [6, 6.07) is 8.88. The number of hydrogen-bond acceptors (Lipinski definition) is 3. The topological polar surface area (TPSA) is 48.9 Å². The second kappa shape index (κ2) is 9.33. The van der Waals surface area contributed by atoms with E-state index in [2.05, 4.69) is 46.3 Å². The molecule has 0 aliphatic carbocycles. The summed E-state index contributed by atoms with van der Waals surface area (Å²) in [5, 5.41) is 6.69. The maximum Gasteiger partial charge on any atom is 0.191 e. The molecular formula is C19H30N4O. The van der Waals surface area contributed by atoms with Gasteiger partial charge in [0.25, 0.3) is 0 Å². The summed E-state index contributed by atoms with van der Waals surface area (Å²) in [5.74, 6) is 2.27. The van der Waals surface area contributed by atoms with Crippen molar-refractivity contribution in [3.63, 3.8) is 0 Å². The number of guanidine groups is 1. The minimum Gasteiger partial charge on any atom is -0.497 e. The maximum atomic E-state index is 5.28. The summed E-state index contributed by atoms with van der Waals surface area (Å²) < 4.78 is 5.28. The number of hydrogen-bond donors (Lipinski definition) is 2. The van der Waals surface area contributed by atoms with E-state index >= 15 is 0 Å². The third-order valence-electron chi connectivity index (χ3n) is 4.63. The molecule has 0 saturated carbocycles. The highest BCUT2D eigenvalue weighted by Gasteiger charge is 2.30. The highest BCUT2D eigenvalue weighted by molar-refractivity contribution is 5.79. The zero-order chi connectivity index (χ0) is 17.4. The molecule has 1 aromatic carbocycles. The molecule has 24 heavy (non-hydrogen) atoms. The molecule has 2 N–H and O–H groups in total. The summed E-state index contributed by atoms with van der Waals surface area (Å²) in [7, 11) is 5.72. The molecule has 1 fully saturated rings. The van der Waals surface area contributed by atoms with Crippen LogP contribution in [0.25, 0.3) is 0 Å². The smallest absolute Gasteiger partial charge is 0.191 e. The van der Waals surface area contributed by atoms with Crippen LogP contribution in [0.5, 0.6) is 5.75 Å². The Balaban J connectivity index is 2.06. The number of piperidine rings is 1. The molecule has 1 aliphatic heterocycles. The number of ether oxygens (including phenoxy) is 1. The normalized spacial score (nSPS) is 22.0. The van der Waals surface area contributed by atoms with Gasteiger partial charge in [-0.2, -0.15) is 0 Å². The average molecular weight is 330 g/mol. The summed E-state index contributed by atoms with van der Waals surface area (Å²) in [6.45, 7) is 6.48. The van der Waals surface area contributed by atoms with Crippen LogP contribution in [0, 0.1) is 5.92 Å². The van der Waals surface area contributed by atoms with Gasteiger partial charge in [-0.15, -0.1) is 6.58 Å². The van der Waals surface area contributed by atoms with Gasteiger partial charge in [-0.05, 0) is 50.0 Å². The predicted octanol–water partition coefficient (Wildman–Crippen LogP) is 2.43. The molecule has 5 heteroatoms. The van der Waals surface area contributed by atoms with Crippen molar-refractivity contribution >= 4 is 5.96 Å². The number of likely N-dealkylation sites (tertiary alicyclic amines) is 1. The van der Waals surface area contributed by atoms with Crippen LogP contribution < -0.4 is 15.4 Å². The van der Waals surface area contributed by atoms with Gasteiger partial charge in [0.1, 0.15) is 5.75 Å². The van der Waals surface area contributed by atoms with Crippen LogP contribution in [0.3, 0.4) is 0 Å². The Morgan fingerprint density at radius 1 is 1.38 bits per heavy atom. The van der Waals surface area contributed by atoms with Crippen LogP contribution in [0.1, 0.15) is 24.4 Å². The lowest BCUT2D eigenvalue weighted by atomic mass is 9.85. The fraction of sp³-hybridized carbons (Fsp3) is 0.526. The zero-order valence-electron chi connectivity index (χ0n) is 15.1. The highest BCUT2D eigenvalue weighted by atomic mass is 16.5. The molecule has 2 rings (SSSR count). The van der Waals surface area contributed by atoms with Crippen molar-refractivity contribution in [2.75, 3.05) is 40.8 Å². The van der Waals surface area contributed by atoms with Crippen LogP contribution in [-0.2, 0) is 0 Å². The summed E-state index contributed by atoms with van der Waals surface area (Å²) in [4.78, 5) is 6.72. The Morgan fingerprint density at radius 2 is 2.12 bits per heavy atom. The number of nitrogens with zero attached hydrogens (tertiary/aromatic N) is 2. The molecule has 1 aliphatic rings.